The van der Waals surface area contributed by atoms with Crippen molar-refractivity contribution in [3.63, 3.8) is 0 Å². The summed E-state index contributed by atoms with van der Waals surface area (Å²) in [6, 6.07) is 14.3. The van der Waals surface area contributed by atoms with Gasteiger partial charge >= 0.3 is 0 Å². The van der Waals surface area contributed by atoms with Crippen molar-refractivity contribution in [1.82, 2.24) is 4.57 Å². The molecule has 1 N–H and O–H groups in total. The Hall–Kier alpha value is -2.88. The number of rotatable bonds is 4. The predicted molar refractivity (Wildman–Crippen MR) is 99.3 cm³/mol. The molecule has 0 atom stereocenters. The number of Topliss-reactive ketones (excluding diaryl/α,β-unsaturated/α-hetero) is 1. The minimum atomic E-state index is -0.206. The topological polar surface area (TPSA) is 54.6 Å². The van der Waals surface area contributed by atoms with Gasteiger partial charge in [0.2, 0.25) is 0 Å². The standard InChI is InChI=1S/C20H20N2O2/c1-4-22-19-8-6-5-7-16(19)17-11-15(9-10-20(17)22)21-12-18(13(2)23)14(3)24/h5-12,23H,4H2,1-3H3. The van der Waals surface area contributed by atoms with Crippen LogP contribution >= 0.6 is 0 Å². The molecule has 0 amide bonds. The minimum absolute atomic E-state index is 0.0186. The van der Waals surface area contributed by atoms with Gasteiger partial charge in [-0.2, -0.15) is 0 Å². The summed E-state index contributed by atoms with van der Waals surface area (Å²) < 4.78 is 2.27. The van der Waals surface area contributed by atoms with Crippen LogP contribution in [0, 0.1) is 0 Å². The van der Waals surface area contributed by atoms with Crippen molar-refractivity contribution in [2.75, 3.05) is 0 Å². The maximum absolute atomic E-state index is 11.5. The number of hydrogen-bond acceptors (Lipinski definition) is 3. The lowest BCUT2D eigenvalue weighted by molar-refractivity contribution is -0.113. The first kappa shape index (κ1) is 16.0. The number of hydrogen-bond donors (Lipinski definition) is 1. The Balaban J connectivity index is 2.14. The number of aliphatic hydroxyl groups excluding tert-OH is 1. The van der Waals surface area contributed by atoms with Crippen LogP contribution in [0.4, 0.5) is 5.69 Å². The van der Waals surface area contributed by atoms with E-state index in [-0.39, 0.29) is 17.1 Å². The molecule has 0 aliphatic rings. The Bertz CT molecular complexity index is 989. The summed E-state index contributed by atoms with van der Waals surface area (Å²) in [6.07, 6.45) is 1.43. The van der Waals surface area contributed by atoms with Crippen LogP contribution < -0.4 is 0 Å². The van der Waals surface area contributed by atoms with Crippen LogP contribution in [0.15, 0.2) is 58.8 Å². The summed E-state index contributed by atoms with van der Waals surface area (Å²) >= 11 is 0. The predicted octanol–water partition coefficient (Wildman–Crippen LogP) is 4.94. The molecule has 3 rings (SSSR count). The van der Waals surface area contributed by atoms with E-state index >= 15 is 0 Å². The monoisotopic (exact) mass is 320 g/mol. The molecule has 0 saturated heterocycles. The van der Waals surface area contributed by atoms with Crippen LogP contribution in [-0.2, 0) is 11.3 Å². The van der Waals surface area contributed by atoms with Crippen LogP contribution in [0.25, 0.3) is 21.8 Å². The number of aliphatic imine (C=N–C) groups is 1. The second-order valence-corrected chi connectivity index (χ2v) is 5.78. The molecule has 1 aromatic heterocycles. The van der Waals surface area contributed by atoms with E-state index in [1.807, 2.05) is 24.3 Å². The SMILES string of the molecule is CCn1c2ccccc2c2cc(N=CC(C(C)=O)=C(C)O)ccc21. The molecule has 2 aromatic carbocycles. The largest absolute Gasteiger partial charge is 0.512 e. The molecule has 0 bridgehead atoms. The first-order chi connectivity index (χ1) is 11.5. The number of benzene rings is 2. The molecule has 0 aliphatic heterocycles. The van der Waals surface area contributed by atoms with E-state index in [0.29, 0.717) is 0 Å². The minimum Gasteiger partial charge on any atom is -0.512 e. The smallest absolute Gasteiger partial charge is 0.164 e. The lowest BCUT2D eigenvalue weighted by Crippen LogP contribution is -2.01. The molecule has 0 aliphatic carbocycles. The van der Waals surface area contributed by atoms with Crippen molar-refractivity contribution >= 4 is 39.5 Å². The molecule has 0 fully saturated rings. The molecule has 4 heteroatoms. The van der Waals surface area contributed by atoms with E-state index in [0.717, 1.165) is 17.6 Å². The lowest BCUT2D eigenvalue weighted by atomic mass is 10.1. The molecule has 0 radical (unpaired) electrons. The van der Waals surface area contributed by atoms with Crippen LogP contribution in [-0.4, -0.2) is 21.7 Å². The first-order valence-electron chi connectivity index (χ1n) is 7.98. The number of aliphatic hydroxyl groups is 1. The fourth-order valence-electron chi connectivity index (χ4n) is 3.04. The average Bonchev–Trinajstić information content (AvgIpc) is 2.87. The fourth-order valence-corrected chi connectivity index (χ4v) is 3.04. The van der Waals surface area contributed by atoms with Gasteiger partial charge in [-0.25, -0.2) is 0 Å². The van der Waals surface area contributed by atoms with Crippen molar-refractivity contribution in [3.8, 4) is 0 Å². The average molecular weight is 320 g/mol. The summed E-state index contributed by atoms with van der Waals surface area (Å²) in [5.41, 5.74) is 3.34. The quantitative estimate of drug-likeness (QED) is 0.420. The third-order valence-corrected chi connectivity index (χ3v) is 4.18. The van der Waals surface area contributed by atoms with Gasteiger partial charge < -0.3 is 9.67 Å². The molecule has 24 heavy (non-hydrogen) atoms. The van der Waals surface area contributed by atoms with Crippen molar-refractivity contribution in [2.45, 2.75) is 27.3 Å². The normalized spacial score (nSPS) is 13.0. The van der Waals surface area contributed by atoms with E-state index in [4.69, 9.17) is 0 Å². The Kier molecular flexibility index (Phi) is 4.21. The van der Waals surface area contributed by atoms with Gasteiger partial charge in [-0.3, -0.25) is 9.79 Å². The number of aromatic nitrogens is 1. The zero-order valence-corrected chi connectivity index (χ0v) is 14.1. The van der Waals surface area contributed by atoms with E-state index in [1.165, 1.54) is 36.5 Å². The molecule has 0 spiro atoms. The molecule has 1 heterocycles. The van der Waals surface area contributed by atoms with Crippen molar-refractivity contribution in [1.29, 1.82) is 0 Å². The summed E-state index contributed by atoms with van der Waals surface area (Å²) in [5.74, 6) is -0.225. The van der Waals surface area contributed by atoms with Gasteiger partial charge in [0.15, 0.2) is 5.78 Å². The van der Waals surface area contributed by atoms with Gasteiger partial charge in [-0.05, 0) is 45.0 Å². The first-order valence-corrected chi connectivity index (χ1v) is 7.98. The van der Waals surface area contributed by atoms with Gasteiger partial charge in [0.1, 0.15) is 5.76 Å². The van der Waals surface area contributed by atoms with E-state index in [2.05, 4.69) is 34.7 Å². The Morgan fingerprint density at radius 2 is 1.83 bits per heavy atom. The number of carbonyl (C=O) groups excluding carboxylic acids is 1. The van der Waals surface area contributed by atoms with Crippen LogP contribution in [0.2, 0.25) is 0 Å². The Morgan fingerprint density at radius 3 is 2.50 bits per heavy atom. The second kappa shape index (κ2) is 6.32. The van der Waals surface area contributed by atoms with Crippen LogP contribution in [0.1, 0.15) is 20.8 Å². The third kappa shape index (κ3) is 2.71. The van der Waals surface area contributed by atoms with E-state index in [1.54, 1.807) is 0 Å². The molecule has 0 unspecified atom stereocenters. The number of fused-ring (bicyclic) bond motifs is 3. The number of carbonyl (C=O) groups is 1. The maximum Gasteiger partial charge on any atom is 0.164 e. The highest BCUT2D eigenvalue weighted by atomic mass is 16.3. The molecule has 0 saturated carbocycles. The number of nitrogens with zero attached hydrogens (tertiary/aromatic N) is 2. The van der Waals surface area contributed by atoms with Crippen molar-refractivity contribution < 1.29 is 9.90 Å². The summed E-state index contributed by atoms with van der Waals surface area (Å²) in [7, 11) is 0. The van der Waals surface area contributed by atoms with Gasteiger partial charge in [-0.15, -0.1) is 0 Å². The maximum atomic E-state index is 11.5. The fraction of sp³-hybridized carbons (Fsp3) is 0.200. The molecule has 122 valence electrons. The molecular formula is C20H20N2O2. The number of aryl methyl sites for hydroxylation is 1. The Morgan fingerprint density at radius 1 is 1.12 bits per heavy atom. The Labute approximate surface area is 140 Å². The van der Waals surface area contributed by atoms with Crippen molar-refractivity contribution in [2.24, 2.45) is 4.99 Å². The highest BCUT2D eigenvalue weighted by Gasteiger charge is 2.10. The number of para-hydroxylation sites is 1. The zero-order chi connectivity index (χ0) is 17.3. The van der Waals surface area contributed by atoms with Crippen molar-refractivity contribution in [3.05, 3.63) is 53.8 Å². The number of ketones is 1. The van der Waals surface area contributed by atoms with Crippen LogP contribution in [0.3, 0.4) is 0 Å². The van der Waals surface area contributed by atoms with Gasteiger partial charge in [0.05, 0.1) is 11.3 Å². The van der Waals surface area contributed by atoms with Gasteiger partial charge in [0, 0.05) is 34.6 Å². The van der Waals surface area contributed by atoms with E-state index in [9.17, 15) is 9.90 Å². The second-order valence-electron chi connectivity index (χ2n) is 5.78. The summed E-state index contributed by atoms with van der Waals surface area (Å²) in [5, 5.41) is 11.9. The highest BCUT2D eigenvalue weighted by molar-refractivity contribution is 6.13. The molecule has 3 aromatic rings. The number of allylic oxidation sites excluding steroid dienone is 2. The van der Waals surface area contributed by atoms with Gasteiger partial charge in [0.25, 0.3) is 0 Å². The zero-order valence-electron chi connectivity index (χ0n) is 14.1. The summed E-state index contributed by atoms with van der Waals surface area (Å²) in [6.45, 7) is 5.93. The highest BCUT2D eigenvalue weighted by Crippen LogP contribution is 2.31. The van der Waals surface area contributed by atoms with Gasteiger partial charge in [-0.1, -0.05) is 18.2 Å². The molecule has 4 nitrogen and oxygen atoms in total. The van der Waals surface area contributed by atoms with E-state index < -0.39 is 0 Å². The third-order valence-electron chi connectivity index (χ3n) is 4.18. The lowest BCUT2D eigenvalue weighted by Gasteiger charge is -2.03. The molecular weight excluding hydrogens is 300 g/mol. The summed E-state index contributed by atoms with van der Waals surface area (Å²) in [4.78, 5) is 15.9. The van der Waals surface area contributed by atoms with Crippen LogP contribution in [0.5, 0.6) is 0 Å².